The van der Waals surface area contributed by atoms with Crippen LogP contribution in [0.25, 0.3) is 0 Å². The van der Waals surface area contributed by atoms with Gasteiger partial charge in [-0.05, 0) is 52.5 Å². The molecule has 0 aromatic rings. The third kappa shape index (κ3) is 1.47. The summed E-state index contributed by atoms with van der Waals surface area (Å²) in [5.74, 6) is 0.514. The summed E-state index contributed by atoms with van der Waals surface area (Å²) in [6, 6.07) is 0. The number of epoxide rings is 1. The predicted molar refractivity (Wildman–Crippen MR) is 68.0 cm³/mol. The number of allylic oxidation sites excluding steroid dienone is 2. The van der Waals surface area contributed by atoms with Crippen LogP contribution in [-0.2, 0) is 9.53 Å². The van der Waals surface area contributed by atoms with Gasteiger partial charge in [0.05, 0.1) is 23.2 Å². The molecule has 0 spiro atoms. The summed E-state index contributed by atoms with van der Waals surface area (Å²) in [5, 5.41) is 10.4. The second-order valence-electron chi connectivity index (χ2n) is 6.98. The topological polar surface area (TPSA) is 49.8 Å². The highest BCUT2D eigenvalue weighted by Crippen LogP contribution is 2.63. The van der Waals surface area contributed by atoms with Crippen LogP contribution in [0.5, 0.6) is 0 Å². The average molecular weight is 250 g/mol. The Morgan fingerprint density at radius 1 is 1.50 bits per heavy atom. The molecular weight excluding hydrogens is 228 g/mol. The van der Waals surface area contributed by atoms with Crippen LogP contribution in [0, 0.1) is 17.3 Å². The normalized spacial score (nSPS) is 47.2. The highest BCUT2D eigenvalue weighted by molar-refractivity contribution is 5.97. The summed E-state index contributed by atoms with van der Waals surface area (Å²) < 4.78 is 5.72. The molecule has 3 nitrogen and oxygen atoms in total. The van der Waals surface area contributed by atoms with Crippen molar-refractivity contribution in [3.8, 4) is 0 Å². The van der Waals surface area contributed by atoms with Gasteiger partial charge < -0.3 is 9.84 Å². The quantitative estimate of drug-likeness (QED) is 0.725. The number of hydrogen-bond donors (Lipinski definition) is 1. The number of hydrogen-bond acceptors (Lipinski definition) is 3. The summed E-state index contributed by atoms with van der Waals surface area (Å²) in [4.78, 5) is 12.5. The van der Waals surface area contributed by atoms with E-state index in [1.807, 2.05) is 27.7 Å². The molecule has 3 aliphatic rings. The number of carbonyl (C=O) groups excluding carboxylic acids is 1. The monoisotopic (exact) mass is 250 g/mol. The van der Waals surface area contributed by atoms with Crippen molar-refractivity contribution in [3.05, 3.63) is 11.6 Å². The minimum absolute atomic E-state index is 0.0218. The molecule has 2 fully saturated rings. The molecule has 0 unspecified atom stereocenters. The molecule has 1 N–H and O–H groups in total. The van der Waals surface area contributed by atoms with Gasteiger partial charge in [-0.15, -0.1) is 0 Å². The number of aliphatic hydroxyl groups is 1. The summed E-state index contributed by atoms with van der Waals surface area (Å²) in [6.45, 7) is 7.74. The van der Waals surface area contributed by atoms with Crippen LogP contribution in [0.1, 0.15) is 40.5 Å². The van der Waals surface area contributed by atoms with Gasteiger partial charge in [-0.1, -0.05) is 5.57 Å². The van der Waals surface area contributed by atoms with Gasteiger partial charge in [0.2, 0.25) is 0 Å². The zero-order chi connectivity index (χ0) is 13.3. The lowest BCUT2D eigenvalue weighted by molar-refractivity contribution is -0.131. The zero-order valence-electron chi connectivity index (χ0n) is 11.6. The fourth-order valence-corrected chi connectivity index (χ4v) is 4.22. The lowest BCUT2D eigenvalue weighted by atomic mass is 9.68. The van der Waals surface area contributed by atoms with Crippen molar-refractivity contribution in [2.45, 2.75) is 58.3 Å². The van der Waals surface area contributed by atoms with Crippen LogP contribution in [-0.4, -0.2) is 28.7 Å². The Labute approximate surface area is 108 Å². The van der Waals surface area contributed by atoms with Gasteiger partial charge in [0.25, 0.3) is 0 Å². The fourth-order valence-electron chi connectivity index (χ4n) is 4.22. The molecule has 3 rings (SSSR count). The van der Waals surface area contributed by atoms with E-state index in [2.05, 4.69) is 0 Å². The summed E-state index contributed by atoms with van der Waals surface area (Å²) in [5.41, 5.74) is -0.0460. The maximum absolute atomic E-state index is 12.5. The number of rotatable bonds is 1. The molecule has 100 valence electrons. The lowest BCUT2D eigenvalue weighted by Crippen LogP contribution is -2.44. The largest absolute Gasteiger partial charge is 0.390 e. The van der Waals surface area contributed by atoms with Crippen molar-refractivity contribution in [2.75, 3.05) is 0 Å². The molecule has 1 saturated heterocycles. The van der Waals surface area contributed by atoms with E-state index in [0.29, 0.717) is 0 Å². The van der Waals surface area contributed by atoms with E-state index in [1.165, 1.54) is 0 Å². The molecule has 1 heterocycles. The van der Waals surface area contributed by atoms with Crippen molar-refractivity contribution < 1.29 is 14.6 Å². The van der Waals surface area contributed by atoms with E-state index in [4.69, 9.17) is 4.74 Å². The van der Waals surface area contributed by atoms with E-state index < -0.39 is 11.0 Å². The van der Waals surface area contributed by atoms with Gasteiger partial charge in [-0.2, -0.15) is 0 Å². The second-order valence-corrected chi connectivity index (χ2v) is 6.98. The third-order valence-corrected chi connectivity index (χ3v) is 5.25. The SMILES string of the molecule is CC1=CC(=O)[C@]2(C)[C@H](CC1)[C@@H](C(C)(C)O)[C@@H]1O[C@@H]12. The zero-order valence-corrected chi connectivity index (χ0v) is 11.6. The highest BCUT2D eigenvalue weighted by Gasteiger charge is 2.72. The number of fused-ring (bicyclic) bond motifs is 3. The van der Waals surface area contributed by atoms with Crippen LogP contribution in [0.3, 0.4) is 0 Å². The first kappa shape index (κ1) is 12.4. The van der Waals surface area contributed by atoms with Crippen LogP contribution in [0.15, 0.2) is 11.6 Å². The van der Waals surface area contributed by atoms with Gasteiger partial charge >= 0.3 is 0 Å². The molecule has 0 amide bonds. The molecule has 0 aromatic carbocycles. The molecule has 5 atom stereocenters. The van der Waals surface area contributed by atoms with Gasteiger partial charge in [0, 0.05) is 5.92 Å². The Balaban J connectivity index is 2.02. The Hall–Kier alpha value is -0.670. The summed E-state index contributed by atoms with van der Waals surface area (Å²) in [6.07, 6.45) is 3.84. The smallest absolute Gasteiger partial charge is 0.164 e. The molecule has 2 aliphatic carbocycles. The highest BCUT2D eigenvalue weighted by atomic mass is 16.6. The average Bonchev–Trinajstić information content (AvgIpc) is 2.96. The fraction of sp³-hybridized carbons (Fsp3) is 0.800. The third-order valence-electron chi connectivity index (χ3n) is 5.25. The van der Waals surface area contributed by atoms with Crippen molar-refractivity contribution in [1.29, 1.82) is 0 Å². The molecular formula is C15H22O3. The first-order chi connectivity index (χ1) is 8.26. The van der Waals surface area contributed by atoms with Gasteiger partial charge in [0.1, 0.15) is 0 Å². The number of ether oxygens (including phenoxy) is 1. The molecule has 1 saturated carbocycles. The molecule has 1 aliphatic heterocycles. The summed E-state index contributed by atoms with van der Waals surface area (Å²) in [7, 11) is 0. The van der Waals surface area contributed by atoms with Crippen molar-refractivity contribution in [1.82, 2.24) is 0 Å². The van der Waals surface area contributed by atoms with Crippen LogP contribution < -0.4 is 0 Å². The molecule has 0 aromatic heterocycles. The van der Waals surface area contributed by atoms with Gasteiger partial charge in [-0.25, -0.2) is 0 Å². The molecule has 0 radical (unpaired) electrons. The Morgan fingerprint density at radius 2 is 2.17 bits per heavy atom. The standard InChI is InChI=1S/C15H22O3/c1-8-5-6-9-11(14(2,3)17)12-13(18-12)15(9,4)10(16)7-8/h7,9,11-13,17H,5-6H2,1-4H3/t9-,11-,12+,13+,15+/m1/s1. The summed E-state index contributed by atoms with van der Waals surface area (Å²) >= 11 is 0. The van der Waals surface area contributed by atoms with Gasteiger partial charge in [-0.3, -0.25) is 4.79 Å². The minimum atomic E-state index is -0.777. The number of ketones is 1. The van der Waals surface area contributed by atoms with Crippen molar-refractivity contribution >= 4 is 5.78 Å². The van der Waals surface area contributed by atoms with Crippen LogP contribution in [0.4, 0.5) is 0 Å². The lowest BCUT2D eigenvalue weighted by Gasteiger charge is -2.38. The van der Waals surface area contributed by atoms with Gasteiger partial charge in [0.15, 0.2) is 5.78 Å². The second kappa shape index (κ2) is 3.45. The minimum Gasteiger partial charge on any atom is -0.390 e. The maximum Gasteiger partial charge on any atom is 0.164 e. The van der Waals surface area contributed by atoms with E-state index in [-0.39, 0.29) is 29.8 Å². The van der Waals surface area contributed by atoms with E-state index in [0.717, 1.165) is 18.4 Å². The van der Waals surface area contributed by atoms with Crippen LogP contribution >= 0.6 is 0 Å². The maximum atomic E-state index is 12.5. The first-order valence-corrected chi connectivity index (χ1v) is 6.85. The molecule has 18 heavy (non-hydrogen) atoms. The van der Waals surface area contributed by atoms with Crippen molar-refractivity contribution in [3.63, 3.8) is 0 Å². The number of carbonyl (C=O) groups is 1. The first-order valence-electron chi connectivity index (χ1n) is 6.85. The van der Waals surface area contributed by atoms with E-state index in [1.54, 1.807) is 6.08 Å². The van der Waals surface area contributed by atoms with E-state index >= 15 is 0 Å². The van der Waals surface area contributed by atoms with Crippen molar-refractivity contribution in [2.24, 2.45) is 17.3 Å². The molecule has 0 bridgehead atoms. The Morgan fingerprint density at radius 3 is 2.78 bits per heavy atom. The van der Waals surface area contributed by atoms with Crippen LogP contribution in [0.2, 0.25) is 0 Å². The van der Waals surface area contributed by atoms with E-state index in [9.17, 15) is 9.90 Å². The Kier molecular flexibility index (Phi) is 2.37. The Bertz CT molecular complexity index is 432. The molecule has 3 heteroatoms. The predicted octanol–water partition coefficient (Wildman–Crippen LogP) is 2.09.